The number of anilines is 1. The monoisotopic (exact) mass is 265 g/mol. The molecule has 0 saturated carbocycles. The lowest BCUT2D eigenvalue weighted by molar-refractivity contribution is 0.250. The molecule has 0 aliphatic heterocycles. The molecule has 0 atom stereocenters. The topological polar surface area (TPSA) is 32.7 Å². The average molecular weight is 265 g/mol. The van der Waals surface area contributed by atoms with E-state index in [2.05, 4.69) is 51.8 Å². The molecule has 0 saturated heterocycles. The Morgan fingerprint density at radius 3 is 2.42 bits per heavy atom. The highest BCUT2D eigenvalue weighted by Gasteiger charge is 2.24. The zero-order valence-corrected chi connectivity index (χ0v) is 13.0. The lowest BCUT2D eigenvalue weighted by Gasteiger charge is -2.37. The second kappa shape index (κ2) is 6.29. The van der Waals surface area contributed by atoms with E-state index in [9.17, 15) is 5.11 Å². The van der Waals surface area contributed by atoms with E-state index in [-0.39, 0.29) is 12.1 Å². The van der Waals surface area contributed by atoms with E-state index < -0.39 is 0 Å². The SMILES string of the molecule is COc1ccc(N(C)C(C)(C)CCO)cc1C(C)C. The van der Waals surface area contributed by atoms with E-state index in [4.69, 9.17) is 4.74 Å². The van der Waals surface area contributed by atoms with Gasteiger partial charge >= 0.3 is 0 Å². The molecule has 0 aliphatic rings. The summed E-state index contributed by atoms with van der Waals surface area (Å²) >= 11 is 0. The number of rotatable bonds is 6. The van der Waals surface area contributed by atoms with Gasteiger partial charge in [-0.1, -0.05) is 13.8 Å². The summed E-state index contributed by atoms with van der Waals surface area (Å²) in [6.45, 7) is 8.82. The molecule has 1 aromatic rings. The third-order valence-electron chi connectivity index (χ3n) is 3.85. The number of nitrogens with zero attached hydrogens (tertiary/aromatic N) is 1. The van der Waals surface area contributed by atoms with Crippen LogP contribution in [-0.4, -0.2) is 31.4 Å². The quantitative estimate of drug-likeness (QED) is 0.855. The van der Waals surface area contributed by atoms with Gasteiger partial charge in [0, 0.05) is 24.9 Å². The zero-order chi connectivity index (χ0) is 14.6. The highest BCUT2D eigenvalue weighted by atomic mass is 16.5. The van der Waals surface area contributed by atoms with Crippen LogP contribution >= 0.6 is 0 Å². The number of hydrogen-bond acceptors (Lipinski definition) is 3. The van der Waals surface area contributed by atoms with E-state index in [0.717, 1.165) is 17.9 Å². The van der Waals surface area contributed by atoms with E-state index in [0.29, 0.717) is 5.92 Å². The van der Waals surface area contributed by atoms with Crippen molar-refractivity contribution in [1.82, 2.24) is 0 Å². The largest absolute Gasteiger partial charge is 0.496 e. The number of ether oxygens (including phenoxy) is 1. The number of aliphatic hydroxyl groups excluding tert-OH is 1. The molecule has 0 bridgehead atoms. The van der Waals surface area contributed by atoms with Gasteiger partial charge in [0.15, 0.2) is 0 Å². The maximum absolute atomic E-state index is 9.18. The van der Waals surface area contributed by atoms with Crippen LogP contribution in [0.15, 0.2) is 18.2 Å². The van der Waals surface area contributed by atoms with Crippen LogP contribution in [-0.2, 0) is 0 Å². The van der Waals surface area contributed by atoms with Crippen molar-refractivity contribution < 1.29 is 9.84 Å². The van der Waals surface area contributed by atoms with E-state index in [1.165, 1.54) is 5.56 Å². The molecule has 0 aliphatic carbocycles. The first-order valence-corrected chi connectivity index (χ1v) is 6.86. The summed E-state index contributed by atoms with van der Waals surface area (Å²) in [4.78, 5) is 2.22. The van der Waals surface area contributed by atoms with Gasteiger partial charge in [0.2, 0.25) is 0 Å². The Labute approximate surface area is 117 Å². The molecule has 1 rings (SSSR count). The van der Waals surface area contributed by atoms with Crippen molar-refractivity contribution in [1.29, 1.82) is 0 Å². The molecule has 108 valence electrons. The summed E-state index contributed by atoms with van der Waals surface area (Å²) in [6, 6.07) is 6.28. The molecule has 3 heteroatoms. The van der Waals surface area contributed by atoms with Crippen molar-refractivity contribution >= 4 is 5.69 Å². The molecular weight excluding hydrogens is 238 g/mol. The normalized spacial score (nSPS) is 11.8. The van der Waals surface area contributed by atoms with Crippen LogP contribution in [0, 0.1) is 0 Å². The minimum atomic E-state index is -0.0718. The summed E-state index contributed by atoms with van der Waals surface area (Å²) in [5.41, 5.74) is 2.30. The molecule has 0 radical (unpaired) electrons. The predicted octanol–water partition coefficient (Wildman–Crippen LogP) is 3.42. The van der Waals surface area contributed by atoms with Crippen LogP contribution in [0.2, 0.25) is 0 Å². The highest BCUT2D eigenvalue weighted by molar-refractivity contribution is 5.55. The van der Waals surface area contributed by atoms with Gasteiger partial charge in [-0.3, -0.25) is 0 Å². The van der Waals surface area contributed by atoms with Crippen LogP contribution < -0.4 is 9.64 Å². The molecule has 1 aromatic carbocycles. The molecule has 0 aromatic heterocycles. The van der Waals surface area contributed by atoms with E-state index >= 15 is 0 Å². The number of methoxy groups -OCH3 is 1. The van der Waals surface area contributed by atoms with Gasteiger partial charge in [0.25, 0.3) is 0 Å². The highest BCUT2D eigenvalue weighted by Crippen LogP contribution is 2.33. The predicted molar refractivity (Wildman–Crippen MR) is 81.3 cm³/mol. The van der Waals surface area contributed by atoms with Crippen molar-refractivity contribution in [2.24, 2.45) is 0 Å². The van der Waals surface area contributed by atoms with Crippen molar-refractivity contribution in [3.8, 4) is 5.75 Å². The van der Waals surface area contributed by atoms with E-state index in [1.807, 2.05) is 6.07 Å². The van der Waals surface area contributed by atoms with Crippen LogP contribution in [0.4, 0.5) is 5.69 Å². The van der Waals surface area contributed by atoms with Crippen molar-refractivity contribution in [3.63, 3.8) is 0 Å². The standard InChI is InChI=1S/C16H27NO2/c1-12(2)14-11-13(7-8-15(14)19-6)17(5)16(3,4)9-10-18/h7-8,11-12,18H,9-10H2,1-6H3. The van der Waals surface area contributed by atoms with Crippen molar-refractivity contribution in [3.05, 3.63) is 23.8 Å². The average Bonchev–Trinajstić information content (AvgIpc) is 2.36. The van der Waals surface area contributed by atoms with Crippen LogP contribution in [0.25, 0.3) is 0 Å². The first-order valence-electron chi connectivity index (χ1n) is 6.86. The van der Waals surface area contributed by atoms with Gasteiger partial charge in [-0.25, -0.2) is 0 Å². The lowest BCUT2D eigenvalue weighted by atomic mass is 9.96. The minimum absolute atomic E-state index is 0.0718. The molecule has 0 amide bonds. The van der Waals surface area contributed by atoms with Gasteiger partial charge < -0.3 is 14.7 Å². The molecule has 0 unspecified atom stereocenters. The molecular formula is C16H27NO2. The zero-order valence-electron chi connectivity index (χ0n) is 13.0. The Kier molecular flexibility index (Phi) is 5.24. The summed E-state index contributed by atoms with van der Waals surface area (Å²) < 4.78 is 5.42. The number of aliphatic hydroxyl groups is 1. The summed E-state index contributed by atoms with van der Waals surface area (Å²) in [6.07, 6.45) is 0.743. The van der Waals surface area contributed by atoms with E-state index in [1.54, 1.807) is 7.11 Å². The summed E-state index contributed by atoms with van der Waals surface area (Å²) in [5.74, 6) is 1.36. The fraction of sp³-hybridized carbons (Fsp3) is 0.625. The molecule has 0 heterocycles. The molecule has 0 fully saturated rings. The second-order valence-electron chi connectivity index (χ2n) is 5.93. The second-order valence-corrected chi connectivity index (χ2v) is 5.93. The maximum Gasteiger partial charge on any atom is 0.122 e. The molecule has 0 spiro atoms. The third kappa shape index (κ3) is 3.63. The van der Waals surface area contributed by atoms with Crippen molar-refractivity contribution in [2.75, 3.05) is 25.7 Å². The Morgan fingerprint density at radius 2 is 1.95 bits per heavy atom. The number of hydrogen-bond donors (Lipinski definition) is 1. The fourth-order valence-electron chi connectivity index (χ4n) is 2.17. The molecule has 3 nitrogen and oxygen atoms in total. The first kappa shape index (κ1) is 15.8. The van der Waals surface area contributed by atoms with Gasteiger partial charge in [0.05, 0.1) is 7.11 Å². The number of benzene rings is 1. The Morgan fingerprint density at radius 1 is 1.32 bits per heavy atom. The summed E-state index contributed by atoms with van der Waals surface area (Å²) in [5, 5.41) is 9.18. The summed E-state index contributed by atoms with van der Waals surface area (Å²) in [7, 11) is 3.78. The van der Waals surface area contributed by atoms with Gasteiger partial charge in [-0.2, -0.15) is 0 Å². The van der Waals surface area contributed by atoms with Crippen LogP contribution in [0.1, 0.15) is 45.6 Å². The van der Waals surface area contributed by atoms with Crippen molar-refractivity contribution in [2.45, 2.75) is 45.6 Å². The fourth-order valence-corrected chi connectivity index (χ4v) is 2.17. The minimum Gasteiger partial charge on any atom is -0.496 e. The smallest absolute Gasteiger partial charge is 0.122 e. The Hall–Kier alpha value is -1.22. The first-order chi connectivity index (χ1) is 8.83. The third-order valence-corrected chi connectivity index (χ3v) is 3.85. The molecule has 19 heavy (non-hydrogen) atoms. The van der Waals surface area contributed by atoms with Gasteiger partial charge in [-0.05, 0) is 49.9 Å². The van der Waals surface area contributed by atoms with Gasteiger partial charge in [0.1, 0.15) is 5.75 Å². The van der Waals surface area contributed by atoms with Crippen LogP contribution in [0.5, 0.6) is 5.75 Å². The van der Waals surface area contributed by atoms with Crippen LogP contribution in [0.3, 0.4) is 0 Å². The lowest BCUT2D eigenvalue weighted by Crippen LogP contribution is -2.42. The maximum atomic E-state index is 9.18. The van der Waals surface area contributed by atoms with Gasteiger partial charge in [-0.15, -0.1) is 0 Å². The molecule has 1 N–H and O–H groups in total. The Bertz CT molecular complexity index is 413. The Balaban J connectivity index is 3.11.